The van der Waals surface area contributed by atoms with Crippen molar-refractivity contribution in [3.05, 3.63) is 18.1 Å². The fraction of sp³-hybridized carbons (Fsp3) is 0.545. The number of anilines is 1. The molecule has 0 amide bonds. The Hall–Kier alpha value is -1.86. The maximum atomic E-state index is 12.8. The second-order valence-electron chi connectivity index (χ2n) is 4.62. The number of nitrogens with zero attached hydrogens (tertiary/aromatic N) is 4. The highest BCUT2D eigenvalue weighted by molar-refractivity contribution is 5.46. The molecule has 2 heterocycles. The Morgan fingerprint density at radius 2 is 2.00 bits per heavy atom. The van der Waals surface area contributed by atoms with Gasteiger partial charge in [0.15, 0.2) is 5.69 Å². The number of halogens is 3. The van der Waals surface area contributed by atoms with Gasteiger partial charge in [0.1, 0.15) is 12.1 Å². The van der Waals surface area contributed by atoms with Crippen LogP contribution >= 0.6 is 0 Å². The van der Waals surface area contributed by atoms with E-state index >= 15 is 0 Å². The SMILES string of the molecule is FC(F)(F)c1cc(NC2CCCC2)n2ncnc2n1. The lowest BCUT2D eigenvalue weighted by molar-refractivity contribution is -0.141. The topological polar surface area (TPSA) is 55.1 Å². The number of fused-ring (bicyclic) bond motifs is 1. The molecule has 8 heteroatoms. The van der Waals surface area contributed by atoms with Crippen molar-refractivity contribution in [2.24, 2.45) is 0 Å². The van der Waals surface area contributed by atoms with Crippen LogP contribution in [0.4, 0.5) is 19.0 Å². The van der Waals surface area contributed by atoms with Crippen LogP contribution in [-0.2, 0) is 6.18 Å². The molecular formula is C11H12F3N5. The first-order valence-electron chi connectivity index (χ1n) is 6.08. The molecule has 0 radical (unpaired) electrons. The number of nitrogens with one attached hydrogen (secondary N) is 1. The van der Waals surface area contributed by atoms with Crippen molar-refractivity contribution in [1.29, 1.82) is 0 Å². The molecule has 0 unspecified atom stereocenters. The monoisotopic (exact) mass is 271 g/mol. The Kier molecular flexibility index (Phi) is 2.79. The second kappa shape index (κ2) is 4.36. The molecule has 2 aromatic rings. The lowest BCUT2D eigenvalue weighted by Gasteiger charge is -2.15. The normalized spacial score (nSPS) is 17.2. The van der Waals surface area contributed by atoms with E-state index in [1.165, 1.54) is 10.8 Å². The van der Waals surface area contributed by atoms with E-state index in [-0.39, 0.29) is 11.8 Å². The van der Waals surface area contributed by atoms with Crippen LogP contribution in [0.25, 0.3) is 5.78 Å². The summed E-state index contributed by atoms with van der Waals surface area (Å²) in [7, 11) is 0. The summed E-state index contributed by atoms with van der Waals surface area (Å²) in [5.74, 6) is 0.247. The molecule has 2 aromatic heterocycles. The van der Waals surface area contributed by atoms with Gasteiger partial charge < -0.3 is 5.32 Å². The van der Waals surface area contributed by atoms with E-state index in [1.54, 1.807) is 0 Å². The van der Waals surface area contributed by atoms with Crippen molar-refractivity contribution in [3.8, 4) is 0 Å². The Morgan fingerprint density at radius 3 is 2.68 bits per heavy atom. The highest BCUT2D eigenvalue weighted by atomic mass is 19.4. The second-order valence-corrected chi connectivity index (χ2v) is 4.62. The summed E-state index contributed by atoms with van der Waals surface area (Å²) >= 11 is 0. The first-order chi connectivity index (χ1) is 9.04. The minimum Gasteiger partial charge on any atom is -0.367 e. The summed E-state index contributed by atoms with van der Waals surface area (Å²) in [5.41, 5.74) is -0.950. The predicted octanol–water partition coefficient (Wildman–Crippen LogP) is 2.50. The maximum absolute atomic E-state index is 12.8. The number of hydrogen-bond acceptors (Lipinski definition) is 4. The molecule has 19 heavy (non-hydrogen) atoms. The van der Waals surface area contributed by atoms with Crippen LogP contribution < -0.4 is 5.32 Å². The van der Waals surface area contributed by atoms with Gasteiger partial charge in [-0.1, -0.05) is 12.8 Å². The number of rotatable bonds is 2. The van der Waals surface area contributed by atoms with Gasteiger partial charge in [-0.25, -0.2) is 4.98 Å². The lowest BCUT2D eigenvalue weighted by Crippen LogP contribution is -2.19. The zero-order chi connectivity index (χ0) is 13.5. The van der Waals surface area contributed by atoms with Crippen molar-refractivity contribution in [3.63, 3.8) is 0 Å². The van der Waals surface area contributed by atoms with E-state index < -0.39 is 11.9 Å². The number of alkyl halides is 3. The third-order valence-electron chi connectivity index (χ3n) is 3.25. The molecule has 3 rings (SSSR count). The standard InChI is InChI=1S/C11H12F3N5/c12-11(13,14)8-5-9(17-7-3-1-2-4-7)19-10(18-8)15-6-16-19/h5-7,17H,1-4H2. The lowest BCUT2D eigenvalue weighted by atomic mass is 10.2. The van der Waals surface area contributed by atoms with Gasteiger partial charge in [0, 0.05) is 12.1 Å². The fourth-order valence-corrected chi connectivity index (χ4v) is 2.34. The van der Waals surface area contributed by atoms with Gasteiger partial charge in [-0.05, 0) is 12.8 Å². The molecule has 0 bridgehead atoms. The molecular weight excluding hydrogens is 259 g/mol. The van der Waals surface area contributed by atoms with Crippen molar-refractivity contribution in [2.45, 2.75) is 37.9 Å². The number of aromatic nitrogens is 4. The first kappa shape index (κ1) is 12.2. The Balaban J connectivity index is 2.02. The zero-order valence-corrected chi connectivity index (χ0v) is 9.98. The van der Waals surface area contributed by atoms with E-state index in [4.69, 9.17) is 0 Å². The average molecular weight is 271 g/mol. The quantitative estimate of drug-likeness (QED) is 0.911. The fourth-order valence-electron chi connectivity index (χ4n) is 2.34. The Bertz CT molecular complexity index is 586. The van der Waals surface area contributed by atoms with Crippen LogP contribution in [0.5, 0.6) is 0 Å². The molecule has 0 atom stereocenters. The van der Waals surface area contributed by atoms with Gasteiger partial charge in [0.25, 0.3) is 5.78 Å². The summed E-state index contributed by atoms with van der Waals surface area (Å²) < 4.78 is 39.6. The van der Waals surface area contributed by atoms with Crippen molar-refractivity contribution < 1.29 is 13.2 Å². The van der Waals surface area contributed by atoms with Crippen molar-refractivity contribution in [1.82, 2.24) is 19.6 Å². The molecule has 0 saturated heterocycles. The summed E-state index contributed by atoms with van der Waals surface area (Å²) in [6, 6.07) is 1.18. The van der Waals surface area contributed by atoms with E-state index in [1.807, 2.05) is 0 Å². The van der Waals surface area contributed by atoms with Crippen LogP contribution in [0, 0.1) is 0 Å². The minimum absolute atomic E-state index is 0.0460. The maximum Gasteiger partial charge on any atom is 0.433 e. The van der Waals surface area contributed by atoms with Gasteiger partial charge in [0.05, 0.1) is 0 Å². The van der Waals surface area contributed by atoms with Gasteiger partial charge in [-0.15, -0.1) is 0 Å². The van der Waals surface area contributed by atoms with Crippen LogP contribution in [0.2, 0.25) is 0 Å². The largest absolute Gasteiger partial charge is 0.433 e. The molecule has 0 aromatic carbocycles. The smallest absolute Gasteiger partial charge is 0.367 e. The van der Waals surface area contributed by atoms with Crippen molar-refractivity contribution in [2.75, 3.05) is 5.32 Å². The van der Waals surface area contributed by atoms with Crippen molar-refractivity contribution >= 4 is 11.6 Å². The molecule has 1 aliphatic carbocycles. The minimum atomic E-state index is -4.49. The van der Waals surface area contributed by atoms with E-state index in [9.17, 15) is 13.2 Å². The average Bonchev–Trinajstić information content (AvgIpc) is 2.97. The Labute approximate surface area is 106 Å². The highest BCUT2D eigenvalue weighted by Crippen LogP contribution is 2.30. The third kappa shape index (κ3) is 2.34. The third-order valence-corrected chi connectivity index (χ3v) is 3.25. The molecule has 1 saturated carbocycles. The summed E-state index contributed by atoms with van der Waals surface area (Å²) in [4.78, 5) is 7.19. The van der Waals surface area contributed by atoms with Crippen LogP contribution in [-0.4, -0.2) is 25.6 Å². The van der Waals surface area contributed by atoms with Crippen LogP contribution in [0.1, 0.15) is 31.4 Å². The predicted molar refractivity (Wildman–Crippen MR) is 61.7 cm³/mol. The molecule has 0 spiro atoms. The van der Waals surface area contributed by atoms with Gasteiger partial charge in [-0.3, -0.25) is 0 Å². The van der Waals surface area contributed by atoms with Gasteiger partial charge in [0.2, 0.25) is 0 Å². The molecule has 102 valence electrons. The molecule has 1 N–H and O–H groups in total. The van der Waals surface area contributed by atoms with E-state index in [2.05, 4.69) is 20.4 Å². The number of hydrogen-bond donors (Lipinski definition) is 1. The summed E-state index contributed by atoms with van der Waals surface area (Å²) in [6.45, 7) is 0. The molecule has 5 nitrogen and oxygen atoms in total. The zero-order valence-electron chi connectivity index (χ0n) is 9.98. The summed E-state index contributed by atoms with van der Waals surface area (Å²) in [5, 5.41) is 7.00. The van der Waals surface area contributed by atoms with E-state index in [0.29, 0.717) is 5.82 Å². The molecule has 1 fully saturated rings. The summed E-state index contributed by atoms with van der Waals surface area (Å²) in [6.07, 6.45) is 0.812. The van der Waals surface area contributed by atoms with E-state index in [0.717, 1.165) is 31.7 Å². The molecule has 0 aliphatic heterocycles. The van der Waals surface area contributed by atoms with Gasteiger partial charge >= 0.3 is 6.18 Å². The first-order valence-corrected chi connectivity index (χ1v) is 6.08. The van der Waals surface area contributed by atoms with Gasteiger partial charge in [-0.2, -0.15) is 27.8 Å². The Morgan fingerprint density at radius 1 is 1.26 bits per heavy atom. The van der Waals surface area contributed by atoms with Crippen LogP contribution in [0.3, 0.4) is 0 Å². The van der Waals surface area contributed by atoms with Crippen LogP contribution in [0.15, 0.2) is 12.4 Å². The highest BCUT2D eigenvalue weighted by Gasteiger charge is 2.34. The molecule has 1 aliphatic rings.